The summed E-state index contributed by atoms with van der Waals surface area (Å²) in [5.74, 6) is 2.16. The van der Waals surface area contributed by atoms with Crippen molar-refractivity contribution in [1.29, 1.82) is 0 Å². The lowest BCUT2D eigenvalue weighted by Crippen LogP contribution is -2.41. The van der Waals surface area contributed by atoms with Gasteiger partial charge in [-0.05, 0) is 48.1 Å². The minimum Gasteiger partial charge on any atom is -0.327 e. The van der Waals surface area contributed by atoms with Gasteiger partial charge in [-0.25, -0.2) is 4.98 Å². The SMILES string of the molecule is BC=C(c1ccccc1)c1ccccc1.CC=C(C)CC[SiH2]C(c1ccccc1)(c1ccccc1)n1ccnc1. The van der Waals surface area contributed by atoms with E-state index < -0.39 is 9.52 Å². The van der Waals surface area contributed by atoms with Crippen LogP contribution in [-0.2, 0) is 5.16 Å². The summed E-state index contributed by atoms with van der Waals surface area (Å²) < 4.78 is 2.33. The van der Waals surface area contributed by atoms with Crippen molar-refractivity contribution < 1.29 is 0 Å². The standard InChI is InChI=1S/C22H26N2Si.C14H13B/c1-3-19(2)14-17-25-22(24-16-15-23-18-24,20-10-6-4-7-11-20)21-12-8-5-9-13-21;15-11-14(12-7-3-1-4-8-12)13-9-5-2-6-10-13/h3-13,15-16,18H,14,17,25H2,1-2H3;1-11H,15H2. The zero-order valence-corrected chi connectivity index (χ0v) is 25.4. The van der Waals surface area contributed by atoms with Crippen LogP contribution in [0.15, 0.2) is 158 Å². The van der Waals surface area contributed by atoms with E-state index in [-0.39, 0.29) is 5.16 Å². The van der Waals surface area contributed by atoms with Crippen molar-refractivity contribution in [1.82, 2.24) is 9.55 Å². The first-order chi connectivity index (χ1) is 19.7. The molecule has 0 unspecified atom stereocenters. The van der Waals surface area contributed by atoms with Gasteiger partial charge in [0.15, 0.2) is 0 Å². The average molecular weight is 539 g/mol. The van der Waals surface area contributed by atoms with E-state index in [4.69, 9.17) is 0 Å². The van der Waals surface area contributed by atoms with Crippen LogP contribution in [0.25, 0.3) is 5.57 Å². The van der Waals surface area contributed by atoms with Crippen LogP contribution in [0.1, 0.15) is 42.5 Å². The van der Waals surface area contributed by atoms with Crippen LogP contribution in [0, 0.1) is 0 Å². The highest BCUT2D eigenvalue weighted by Crippen LogP contribution is 2.34. The summed E-state index contributed by atoms with van der Waals surface area (Å²) in [5.41, 5.74) is 8.04. The van der Waals surface area contributed by atoms with Crippen molar-refractivity contribution in [3.05, 3.63) is 180 Å². The van der Waals surface area contributed by atoms with Gasteiger partial charge in [0.05, 0.1) is 21.0 Å². The average Bonchev–Trinajstić information content (AvgIpc) is 3.58. The summed E-state index contributed by atoms with van der Waals surface area (Å²) in [4.78, 5) is 4.37. The molecule has 0 fully saturated rings. The van der Waals surface area contributed by atoms with Crippen LogP contribution in [0.5, 0.6) is 0 Å². The lowest BCUT2D eigenvalue weighted by atomic mass is 9.92. The monoisotopic (exact) mass is 538 g/mol. The highest BCUT2D eigenvalue weighted by Gasteiger charge is 2.35. The van der Waals surface area contributed by atoms with Crippen molar-refractivity contribution in [3.8, 4) is 0 Å². The fraction of sp³-hybridized carbons (Fsp3) is 0.139. The Kier molecular flexibility index (Phi) is 10.7. The summed E-state index contributed by atoms with van der Waals surface area (Å²) >= 11 is 0. The second kappa shape index (κ2) is 14.9. The van der Waals surface area contributed by atoms with Crippen LogP contribution in [0.2, 0.25) is 6.04 Å². The topological polar surface area (TPSA) is 17.8 Å². The number of hydrogen-bond donors (Lipinski definition) is 0. The van der Waals surface area contributed by atoms with Gasteiger partial charge in [0.2, 0.25) is 0 Å². The van der Waals surface area contributed by atoms with E-state index in [0.717, 1.165) is 0 Å². The van der Waals surface area contributed by atoms with Gasteiger partial charge in [-0.2, -0.15) is 0 Å². The zero-order valence-electron chi connectivity index (χ0n) is 23.9. The summed E-state index contributed by atoms with van der Waals surface area (Å²) in [7, 11) is 1.56. The van der Waals surface area contributed by atoms with Crippen molar-refractivity contribution in [3.63, 3.8) is 0 Å². The molecule has 0 atom stereocenters. The Labute approximate surface area is 243 Å². The Balaban J connectivity index is 0.000000210. The first-order valence-corrected chi connectivity index (χ1v) is 15.9. The molecular weight excluding hydrogens is 499 g/mol. The maximum Gasteiger partial charge on any atom is 0.130 e. The fourth-order valence-corrected chi connectivity index (χ4v) is 8.04. The molecule has 0 aliphatic heterocycles. The van der Waals surface area contributed by atoms with Gasteiger partial charge >= 0.3 is 0 Å². The zero-order chi connectivity index (χ0) is 28.0. The summed E-state index contributed by atoms with van der Waals surface area (Å²) in [6, 6.07) is 44.0. The van der Waals surface area contributed by atoms with Gasteiger partial charge in [0.1, 0.15) is 7.85 Å². The second-order valence-electron chi connectivity index (χ2n) is 9.99. The van der Waals surface area contributed by atoms with E-state index in [1.54, 1.807) is 0 Å². The molecule has 0 bridgehead atoms. The molecule has 40 heavy (non-hydrogen) atoms. The molecule has 0 amide bonds. The molecule has 1 aromatic heterocycles. The van der Waals surface area contributed by atoms with Crippen molar-refractivity contribution in [2.24, 2.45) is 0 Å². The molecule has 0 spiro atoms. The minimum absolute atomic E-state index is 0.0902. The third kappa shape index (κ3) is 7.08. The summed E-state index contributed by atoms with van der Waals surface area (Å²) in [6.45, 7) is 4.37. The molecule has 0 saturated carbocycles. The van der Waals surface area contributed by atoms with Gasteiger partial charge in [0, 0.05) is 12.4 Å². The van der Waals surface area contributed by atoms with Crippen LogP contribution in [0.3, 0.4) is 0 Å². The summed E-state index contributed by atoms with van der Waals surface area (Å²) in [5, 5.41) is -0.0902. The van der Waals surface area contributed by atoms with Gasteiger partial charge in [-0.15, -0.1) is 5.98 Å². The Hall–Kier alpha value is -4.15. The maximum absolute atomic E-state index is 4.37. The Morgan fingerprint density at radius 1 is 0.775 bits per heavy atom. The second-order valence-corrected chi connectivity index (χ2v) is 12.2. The van der Waals surface area contributed by atoms with Crippen molar-refractivity contribution in [2.45, 2.75) is 31.5 Å². The molecule has 0 aliphatic carbocycles. The van der Waals surface area contributed by atoms with Crippen LogP contribution < -0.4 is 0 Å². The van der Waals surface area contributed by atoms with E-state index >= 15 is 0 Å². The fourth-order valence-electron chi connectivity index (χ4n) is 5.30. The summed E-state index contributed by atoms with van der Waals surface area (Å²) in [6.07, 6.45) is 9.41. The van der Waals surface area contributed by atoms with E-state index in [2.05, 4.69) is 159 Å². The van der Waals surface area contributed by atoms with Gasteiger partial charge in [-0.1, -0.05) is 139 Å². The van der Waals surface area contributed by atoms with Crippen LogP contribution >= 0.6 is 0 Å². The Morgan fingerprint density at radius 3 is 1.65 bits per heavy atom. The van der Waals surface area contributed by atoms with E-state index in [9.17, 15) is 0 Å². The predicted molar refractivity (Wildman–Crippen MR) is 177 cm³/mol. The smallest absolute Gasteiger partial charge is 0.130 e. The van der Waals surface area contributed by atoms with E-state index in [1.165, 1.54) is 45.9 Å². The third-order valence-corrected chi connectivity index (χ3v) is 10.1. The number of rotatable bonds is 9. The molecule has 0 aliphatic rings. The molecule has 5 rings (SSSR count). The normalized spacial score (nSPS) is 11.6. The molecule has 0 saturated heterocycles. The maximum atomic E-state index is 4.37. The lowest BCUT2D eigenvalue weighted by molar-refractivity contribution is 0.590. The van der Waals surface area contributed by atoms with Crippen LogP contribution in [0.4, 0.5) is 0 Å². The largest absolute Gasteiger partial charge is 0.327 e. The molecule has 200 valence electrons. The number of imidazole rings is 1. The van der Waals surface area contributed by atoms with Crippen molar-refractivity contribution >= 4 is 22.9 Å². The highest BCUT2D eigenvalue weighted by atomic mass is 28.2. The molecule has 5 aromatic rings. The third-order valence-electron chi connectivity index (χ3n) is 7.51. The number of allylic oxidation sites excluding steroid dienone is 2. The van der Waals surface area contributed by atoms with E-state index in [0.29, 0.717) is 0 Å². The number of aromatic nitrogens is 2. The minimum atomic E-state index is -0.517. The predicted octanol–water partition coefficient (Wildman–Crippen LogP) is 7.28. The molecule has 0 radical (unpaired) electrons. The van der Waals surface area contributed by atoms with Gasteiger partial charge in [0.25, 0.3) is 0 Å². The highest BCUT2D eigenvalue weighted by molar-refractivity contribution is 6.41. The molecule has 2 nitrogen and oxygen atoms in total. The van der Waals surface area contributed by atoms with Crippen molar-refractivity contribution in [2.75, 3.05) is 0 Å². The van der Waals surface area contributed by atoms with Crippen LogP contribution in [-0.4, -0.2) is 26.9 Å². The molecular formula is C36H39BN2Si. The number of benzene rings is 4. The first kappa shape index (κ1) is 28.8. The van der Waals surface area contributed by atoms with Gasteiger partial charge in [-0.3, -0.25) is 0 Å². The Morgan fingerprint density at radius 2 is 1.25 bits per heavy atom. The molecule has 4 heteroatoms. The number of hydrogen-bond acceptors (Lipinski definition) is 1. The number of nitrogens with zero attached hydrogens (tertiary/aromatic N) is 2. The van der Waals surface area contributed by atoms with Gasteiger partial charge < -0.3 is 4.57 Å². The van der Waals surface area contributed by atoms with E-state index in [1.807, 2.05) is 24.7 Å². The quantitative estimate of drug-likeness (QED) is 0.142. The molecule has 0 N–H and O–H groups in total. The first-order valence-electron chi connectivity index (χ1n) is 14.2. The molecule has 4 aromatic carbocycles. The molecule has 1 heterocycles. The lowest BCUT2D eigenvalue weighted by Gasteiger charge is -2.37. The Bertz CT molecular complexity index is 1380.